The Labute approximate surface area is 163 Å². The lowest BCUT2D eigenvalue weighted by Gasteiger charge is -2.37. The van der Waals surface area contributed by atoms with Crippen LogP contribution in [0, 0.1) is 0 Å². The number of fused-ring (bicyclic) bond motifs is 1. The van der Waals surface area contributed by atoms with Gasteiger partial charge in [0.05, 0.1) is 25.0 Å². The van der Waals surface area contributed by atoms with Crippen LogP contribution in [0.2, 0.25) is 0 Å². The Bertz CT molecular complexity index is 896. The highest BCUT2D eigenvalue weighted by Crippen LogP contribution is 2.42. The van der Waals surface area contributed by atoms with Crippen LogP contribution >= 0.6 is 11.8 Å². The molecule has 0 spiro atoms. The van der Waals surface area contributed by atoms with E-state index in [1.807, 2.05) is 66.2 Å². The van der Waals surface area contributed by atoms with Gasteiger partial charge in [0.25, 0.3) is 5.91 Å². The highest BCUT2D eigenvalue weighted by molar-refractivity contribution is 7.99. The molecule has 0 bridgehead atoms. The highest BCUT2D eigenvalue weighted by atomic mass is 32.2. The molecule has 0 aliphatic carbocycles. The van der Waals surface area contributed by atoms with Gasteiger partial charge in [-0.2, -0.15) is 0 Å². The molecule has 2 aromatic carbocycles. The number of para-hydroxylation sites is 1. The SMILES string of the molecule is C[NH+](CC(=O)N1c2ccccc2SC[C@H]1c1ccccc1)Cc1ccco1. The van der Waals surface area contributed by atoms with Gasteiger partial charge in [0.2, 0.25) is 0 Å². The maximum atomic E-state index is 13.3. The fourth-order valence-electron chi connectivity index (χ4n) is 3.53. The third-order valence-corrected chi connectivity index (χ3v) is 5.93. The molecule has 1 aromatic heterocycles. The standard InChI is InChI=1S/C22H22N2O2S/c1-23(14-18-10-7-13-26-18)15-22(25)24-19-11-5-6-12-21(19)27-16-20(24)17-8-3-2-4-9-17/h2-13,20H,14-16H2,1H3/p+1/t20-/m0/s1. The monoisotopic (exact) mass is 379 g/mol. The second-order valence-corrected chi connectivity index (χ2v) is 7.92. The quantitative estimate of drug-likeness (QED) is 0.740. The number of quaternary nitrogens is 1. The largest absolute Gasteiger partial charge is 0.463 e. The van der Waals surface area contributed by atoms with Crippen LogP contribution < -0.4 is 9.80 Å². The normalized spacial score (nSPS) is 17.4. The molecule has 4 nitrogen and oxygen atoms in total. The van der Waals surface area contributed by atoms with Crippen molar-refractivity contribution in [1.29, 1.82) is 0 Å². The molecule has 0 fully saturated rings. The van der Waals surface area contributed by atoms with Crippen molar-refractivity contribution in [3.05, 3.63) is 84.3 Å². The maximum absolute atomic E-state index is 13.3. The number of carbonyl (C=O) groups is 1. The Morgan fingerprint density at radius 3 is 2.67 bits per heavy atom. The molecule has 0 saturated carbocycles. The van der Waals surface area contributed by atoms with E-state index in [1.165, 1.54) is 10.5 Å². The first-order valence-electron chi connectivity index (χ1n) is 9.15. The second-order valence-electron chi connectivity index (χ2n) is 6.86. The molecule has 0 radical (unpaired) electrons. The number of thioether (sulfide) groups is 1. The van der Waals surface area contributed by atoms with Crippen molar-refractivity contribution in [2.24, 2.45) is 0 Å². The number of benzene rings is 2. The summed E-state index contributed by atoms with van der Waals surface area (Å²) in [6.45, 7) is 1.11. The molecule has 4 rings (SSSR count). The van der Waals surface area contributed by atoms with E-state index in [-0.39, 0.29) is 11.9 Å². The molecule has 1 amide bonds. The summed E-state index contributed by atoms with van der Waals surface area (Å²) >= 11 is 1.82. The predicted molar refractivity (Wildman–Crippen MR) is 108 cm³/mol. The minimum atomic E-state index is 0.0509. The van der Waals surface area contributed by atoms with Gasteiger partial charge in [-0.3, -0.25) is 9.69 Å². The number of hydrogen-bond donors (Lipinski definition) is 1. The van der Waals surface area contributed by atoms with Crippen molar-refractivity contribution < 1.29 is 14.1 Å². The van der Waals surface area contributed by atoms with E-state index in [0.29, 0.717) is 13.1 Å². The zero-order chi connectivity index (χ0) is 18.6. The Hall–Kier alpha value is -2.50. The predicted octanol–water partition coefficient (Wildman–Crippen LogP) is 3.17. The Kier molecular flexibility index (Phi) is 5.32. The summed E-state index contributed by atoms with van der Waals surface area (Å²) in [4.78, 5) is 17.6. The summed E-state index contributed by atoms with van der Waals surface area (Å²) in [5.74, 6) is 1.90. The van der Waals surface area contributed by atoms with Crippen molar-refractivity contribution in [2.45, 2.75) is 17.5 Å². The van der Waals surface area contributed by atoms with Crippen LogP contribution in [-0.2, 0) is 11.3 Å². The van der Waals surface area contributed by atoms with E-state index < -0.39 is 0 Å². The van der Waals surface area contributed by atoms with Crippen LogP contribution in [0.25, 0.3) is 0 Å². The molecular formula is C22H23N2O2S+. The van der Waals surface area contributed by atoms with E-state index in [4.69, 9.17) is 4.42 Å². The van der Waals surface area contributed by atoms with E-state index in [9.17, 15) is 4.79 Å². The molecule has 1 N–H and O–H groups in total. The lowest BCUT2D eigenvalue weighted by molar-refractivity contribution is -0.886. The number of amides is 1. The van der Waals surface area contributed by atoms with Crippen LogP contribution in [0.3, 0.4) is 0 Å². The van der Waals surface area contributed by atoms with Crippen LogP contribution in [0.1, 0.15) is 17.4 Å². The van der Waals surface area contributed by atoms with Gasteiger partial charge in [0.1, 0.15) is 6.54 Å². The third-order valence-electron chi connectivity index (χ3n) is 4.80. The smallest absolute Gasteiger partial charge is 0.282 e. The molecule has 3 aromatic rings. The summed E-state index contributed by atoms with van der Waals surface area (Å²) < 4.78 is 5.43. The topological polar surface area (TPSA) is 37.9 Å². The minimum absolute atomic E-state index is 0.0509. The number of hydrogen-bond acceptors (Lipinski definition) is 3. The fourth-order valence-corrected chi connectivity index (χ4v) is 4.70. The first-order chi connectivity index (χ1) is 13.2. The van der Waals surface area contributed by atoms with Crippen molar-refractivity contribution in [3.8, 4) is 0 Å². The number of nitrogens with zero attached hydrogens (tertiary/aromatic N) is 1. The van der Waals surface area contributed by atoms with Gasteiger partial charge in [0, 0.05) is 10.6 Å². The molecule has 1 aliphatic rings. The number of rotatable bonds is 5. The highest BCUT2D eigenvalue weighted by Gasteiger charge is 2.33. The van der Waals surface area contributed by atoms with E-state index in [2.05, 4.69) is 24.3 Å². The Balaban J connectivity index is 1.60. The first-order valence-corrected chi connectivity index (χ1v) is 10.1. The minimum Gasteiger partial charge on any atom is -0.463 e. The Morgan fingerprint density at radius 1 is 1.11 bits per heavy atom. The van der Waals surface area contributed by atoms with Gasteiger partial charge >= 0.3 is 0 Å². The number of likely N-dealkylation sites (N-methyl/N-ethyl adjacent to an activating group) is 1. The molecule has 5 heteroatoms. The van der Waals surface area contributed by atoms with Gasteiger partial charge in [-0.15, -0.1) is 11.8 Å². The molecule has 0 saturated heterocycles. The summed E-state index contributed by atoms with van der Waals surface area (Å²) in [5, 5.41) is 0. The van der Waals surface area contributed by atoms with Gasteiger partial charge in [0.15, 0.2) is 12.3 Å². The van der Waals surface area contributed by atoms with E-state index in [1.54, 1.807) is 6.26 Å². The lowest BCUT2D eigenvalue weighted by Crippen LogP contribution is -3.09. The maximum Gasteiger partial charge on any atom is 0.282 e. The van der Waals surface area contributed by atoms with Gasteiger partial charge in [-0.1, -0.05) is 42.5 Å². The van der Waals surface area contributed by atoms with Crippen molar-refractivity contribution in [3.63, 3.8) is 0 Å². The van der Waals surface area contributed by atoms with Crippen LogP contribution in [0.5, 0.6) is 0 Å². The molecule has 1 aliphatic heterocycles. The molecular weight excluding hydrogens is 356 g/mol. The van der Waals surface area contributed by atoms with Gasteiger partial charge in [-0.25, -0.2) is 0 Å². The van der Waals surface area contributed by atoms with Crippen LogP contribution in [-0.4, -0.2) is 25.3 Å². The summed E-state index contributed by atoms with van der Waals surface area (Å²) in [6, 6.07) is 22.4. The number of carbonyl (C=O) groups excluding carboxylic acids is 1. The van der Waals surface area contributed by atoms with Crippen LogP contribution in [0.15, 0.2) is 82.3 Å². The third kappa shape index (κ3) is 3.94. The number of anilines is 1. The molecule has 27 heavy (non-hydrogen) atoms. The van der Waals surface area contributed by atoms with Crippen molar-refractivity contribution in [2.75, 3.05) is 24.2 Å². The number of furan rings is 1. The summed E-state index contributed by atoms with van der Waals surface area (Å²) in [5.41, 5.74) is 2.19. The molecule has 138 valence electrons. The average Bonchev–Trinajstić information content (AvgIpc) is 3.20. The fraction of sp³-hybridized carbons (Fsp3) is 0.227. The van der Waals surface area contributed by atoms with E-state index >= 15 is 0 Å². The van der Waals surface area contributed by atoms with E-state index in [0.717, 1.165) is 22.1 Å². The number of nitrogens with one attached hydrogen (secondary N) is 1. The zero-order valence-electron chi connectivity index (χ0n) is 15.3. The first kappa shape index (κ1) is 17.9. The van der Waals surface area contributed by atoms with Crippen LogP contribution in [0.4, 0.5) is 5.69 Å². The molecule has 2 heterocycles. The molecule has 2 atom stereocenters. The molecule has 1 unspecified atom stereocenters. The second kappa shape index (κ2) is 8.03. The average molecular weight is 380 g/mol. The summed E-state index contributed by atoms with van der Waals surface area (Å²) in [7, 11) is 2.03. The lowest BCUT2D eigenvalue weighted by atomic mass is 10.1. The zero-order valence-corrected chi connectivity index (χ0v) is 16.1. The van der Waals surface area contributed by atoms with Gasteiger partial charge in [-0.05, 0) is 29.8 Å². The van der Waals surface area contributed by atoms with Gasteiger partial charge < -0.3 is 9.32 Å². The van der Waals surface area contributed by atoms with Crippen molar-refractivity contribution >= 4 is 23.4 Å². The Morgan fingerprint density at radius 2 is 1.89 bits per heavy atom. The van der Waals surface area contributed by atoms with Crippen molar-refractivity contribution in [1.82, 2.24) is 0 Å². The summed E-state index contributed by atoms with van der Waals surface area (Å²) in [6.07, 6.45) is 1.67.